The van der Waals surface area contributed by atoms with Gasteiger partial charge in [0.1, 0.15) is 5.82 Å². The molecule has 1 atom stereocenters. The molecule has 0 fully saturated rings. The summed E-state index contributed by atoms with van der Waals surface area (Å²) in [6.45, 7) is 3.63. The van der Waals surface area contributed by atoms with Crippen LogP contribution in [0.4, 0.5) is 4.39 Å². The normalized spacial score (nSPS) is 12.5. The quantitative estimate of drug-likeness (QED) is 0.562. The Hall–Kier alpha value is -1.48. The van der Waals surface area contributed by atoms with Gasteiger partial charge in [0.25, 0.3) is 0 Å². The van der Waals surface area contributed by atoms with Gasteiger partial charge in [0, 0.05) is 5.56 Å². The Morgan fingerprint density at radius 1 is 1.44 bits per heavy atom. The summed E-state index contributed by atoms with van der Waals surface area (Å²) in [6, 6.07) is 5.39. The van der Waals surface area contributed by atoms with Crippen LogP contribution in [0.3, 0.4) is 0 Å². The van der Waals surface area contributed by atoms with Crippen molar-refractivity contribution in [2.24, 2.45) is 0 Å². The second-order valence-corrected chi connectivity index (χ2v) is 3.87. The Morgan fingerprint density at radius 3 is 2.44 bits per heavy atom. The Balaban J connectivity index is 2.89. The lowest BCUT2D eigenvalue weighted by Gasteiger charge is -2.21. The summed E-state index contributed by atoms with van der Waals surface area (Å²) < 4.78 is 12.7. The van der Waals surface area contributed by atoms with E-state index in [0.29, 0.717) is 12.0 Å². The van der Waals surface area contributed by atoms with Crippen LogP contribution in [0, 0.1) is 5.82 Å². The van der Waals surface area contributed by atoms with Crippen LogP contribution in [-0.4, -0.2) is 30.8 Å². The first-order valence-electron chi connectivity index (χ1n) is 5.13. The van der Waals surface area contributed by atoms with Gasteiger partial charge in [0.05, 0.1) is 6.04 Å². The topological polar surface area (TPSA) is 20.3 Å². The molecule has 1 unspecified atom stereocenters. The predicted octanol–water partition coefficient (Wildman–Crippen LogP) is 2.51. The molecule has 0 bridgehead atoms. The van der Waals surface area contributed by atoms with Gasteiger partial charge in [-0.15, -0.1) is 6.58 Å². The molecule has 0 radical (unpaired) electrons. The van der Waals surface area contributed by atoms with Crippen molar-refractivity contribution < 1.29 is 9.18 Å². The average molecular weight is 221 g/mol. The van der Waals surface area contributed by atoms with Crippen LogP contribution >= 0.6 is 0 Å². The van der Waals surface area contributed by atoms with Crippen molar-refractivity contribution in [1.82, 2.24) is 4.90 Å². The number of Topliss-reactive ketones (excluding diaryl/α,β-unsaturated/α-hetero) is 1. The van der Waals surface area contributed by atoms with E-state index in [4.69, 9.17) is 0 Å². The summed E-state index contributed by atoms with van der Waals surface area (Å²) >= 11 is 0. The molecular formula is C13H16FNO. The summed E-state index contributed by atoms with van der Waals surface area (Å²) in [4.78, 5) is 13.9. The fourth-order valence-electron chi connectivity index (χ4n) is 1.52. The Labute approximate surface area is 95.4 Å². The van der Waals surface area contributed by atoms with E-state index in [1.807, 2.05) is 19.0 Å². The monoisotopic (exact) mass is 221 g/mol. The summed E-state index contributed by atoms with van der Waals surface area (Å²) in [5.74, 6) is -0.341. The molecule has 0 aliphatic heterocycles. The standard InChI is InChI=1S/C13H16FNO/c1-4-5-12(15(2)3)13(16)10-6-8-11(14)9-7-10/h4,6-9,12H,1,5H2,2-3H3. The minimum Gasteiger partial charge on any atom is -0.299 e. The highest BCUT2D eigenvalue weighted by Crippen LogP contribution is 2.11. The van der Waals surface area contributed by atoms with E-state index in [1.165, 1.54) is 24.3 Å². The number of carbonyl (C=O) groups is 1. The molecule has 1 aromatic rings. The highest BCUT2D eigenvalue weighted by Gasteiger charge is 2.20. The Kier molecular flexibility index (Phi) is 4.38. The molecule has 0 aliphatic rings. The number of benzene rings is 1. The number of carbonyl (C=O) groups excluding carboxylic acids is 1. The van der Waals surface area contributed by atoms with Crippen LogP contribution < -0.4 is 0 Å². The van der Waals surface area contributed by atoms with Crippen LogP contribution in [0.5, 0.6) is 0 Å². The molecule has 2 nitrogen and oxygen atoms in total. The van der Waals surface area contributed by atoms with Gasteiger partial charge in [-0.1, -0.05) is 6.08 Å². The van der Waals surface area contributed by atoms with Crippen LogP contribution in [0.15, 0.2) is 36.9 Å². The van der Waals surface area contributed by atoms with E-state index < -0.39 is 0 Å². The highest BCUT2D eigenvalue weighted by atomic mass is 19.1. The largest absolute Gasteiger partial charge is 0.299 e. The maximum Gasteiger partial charge on any atom is 0.180 e. The summed E-state index contributed by atoms with van der Waals surface area (Å²) in [5, 5.41) is 0. The molecule has 0 heterocycles. The van der Waals surface area contributed by atoms with Crippen LogP contribution in [0.1, 0.15) is 16.8 Å². The number of halogens is 1. The van der Waals surface area contributed by atoms with Crippen molar-refractivity contribution in [2.45, 2.75) is 12.5 Å². The van der Waals surface area contributed by atoms with Crippen molar-refractivity contribution in [3.05, 3.63) is 48.3 Å². The number of ketones is 1. The van der Waals surface area contributed by atoms with E-state index in [0.717, 1.165) is 0 Å². The third-order valence-electron chi connectivity index (χ3n) is 2.44. The molecule has 16 heavy (non-hydrogen) atoms. The lowest BCUT2D eigenvalue weighted by molar-refractivity contribution is 0.0877. The Bertz CT molecular complexity index is 370. The van der Waals surface area contributed by atoms with Crippen molar-refractivity contribution >= 4 is 5.78 Å². The minimum atomic E-state index is -0.332. The summed E-state index contributed by atoms with van der Waals surface area (Å²) in [5.41, 5.74) is 0.530. The number of hydrogen-bond donors (Lipinski definition) is 0. The first kappa shape index (κ1) is 12.6. The maximum atomic E-state index is 12.7. The maximum absolute atomic E-state index is 12.7. The number of rotatable bonds is 5. The van der Waals surface area contributed by atoms with Gasteiger partial charge in [-0.2, -0.15) is 0 Å². The fourth-order valence-corrected chi connectivity index (χ4v) is 1.52. The first-order valence-corrected chi connectivity index (χ1v) is 5.13. The molecule has 0 aliphatic carbocycles. The van der Waals surface area contributed by atoms with E-state index >= 15 is 0 Å². The fraction of sp³-hybridized carbons (Fsp3) is 0.308. The lowest BCUT2D eigenvalue weighted by atomic mass is 10.0. The SMILES string of the molecule is C=CCC(C(=O)c1ccc(F)cc1)N(C)C. The van der Waals surface area contributed by atoms with Gasteiger partial charge in [-0.3, -0.25) is 9.69 Å². The zero-order chi connectivity index (χ0) is 12.1. The molecule has 86 valence electrons. The van der Waals surface area contributed by atoms with E-state index in [2.05, 4.69) is 6.58 Å². The number of likely N-dealkylation sites (N-methyl/N-ethyl adjacent to an activating group) is 1. The third-order valence-corrected chi connectivity index (χ3v) is 2.44. The van der Waals surface area contributed by atoms with Crippen LogP contribution in [0.25, 0.3) is 0 Å². The van der Waals surface area contributed by atoms with Gasteiger partial charge in [0.2, 0.25) is 0 Å². The van der Waals surface area contributed by atoms with Crippen molar-refractivity contribution in [1.29, 1.82) is 0 Å². The first-order chi connectivity index (χ1) is 7.56. The van der Waals surface area contributed by atoms with Gasteiger partial charge in [-0.25, -0.2) is 4.39 Å². The molecule has 3 heteroatoms. The summed E-state index contributed by atoms with van der Waals surface area (Å²) in [7, 11) is 3.69. The van der Waals surface area contributed by atoms with E-state index in [1.54, 1.807) is 6.08 Å². The van der Waals surface area contributed by atoms with Crippen molar-refractivity contribution in [3.8, 4) is 0 Å². The summed E-state index contributed by atoms with van der Waals surface area (Å²) in [6.07, 6.45) is 2.30. The highest BCUT2D eigenvalue weighted by molar-refractivity contribution is 6.00. The van der Waals surface area contributed by atoms with E-state index in [9.17, 15) is 9.18 Å². The number of hydrogen-bond acceptors (Lipinski definition) is 2. The number of nitrogens with zero attached hydrogens (tertiary/aromatic N) is 1. The molecule has 0 amide bonds. The molecule has 0 saturated heterocycles. The second-order valence-electron chi connectivity index (χ2n) is 3.87. The van der Waals surface area contributed by atoms with Gasteiger partial charge < -0.3 is 0 Å². The van der Waals surface area contributed by atoms with Crippen LogP contribution in [0.2, 0.25) is 0 Å². The Morgan fingerprint density at radius 2 is 2.00 bits per heavy atom. The van der Waals surface area contributed by atoms with Gasteiger partial charge in [-0.05, 0) is 44.8 Å². The van der Waals surface area contributed by atoms with Crippen molar-refractivity contribution in [3.63, 3.8) is 0 Å². The minimum absolute atomic E-state index is 0.00935. The smallest absolute Gasteiger partial charge is 0.180 e. The van der Waals surface area contributed by atoms with Gasteiger partial charge >= 0.3 is 0 Å². The molecule has 1 aromatic carbocycles. The average Bonchev–Trinajstić information content (AvgIpc) is 2.25. The molecule has 0 aromatic heterocycles. The molecule has 1 rings (SSSR count). The molecule has 0 N–H and O–H groups in total. The third kappa shape index (κ3) is 3.00. The predicted molar refractivity (Wildman–Crippen MR) is 63.0 cm³/mol. The molecular weight excluding hydrogens is 205 g/mol. The van der Waals surface area contributed by atoms with Crippen LogP contribution in [-0.2, 0) is 0 Å². The van der Waals surface area contributed by atoms with Crippen molar-refractivity contribution in [2.75, 3.05) is 14.1 Å². The zero-order valence-corrected chi connectivity index (χ0v) is 9.61. The molecule has 0 saturated carbocycles. The second kappa shape index (κ2) is 5.56. The van der Waals surface area contributed by atoms with Gasteiger partial charge in [0.15, 0.2) is 5.78 Å². The zero-order valence-electron chi connectivity index (χ0n) is 9.61. The van der Waals surface area contributed by atoms with E-state index in [-0.39, 0.29) is 17.6 Å². The molecule has 0 spiro atoms. The lowest BCUT2D eigenvalue weighted by Crippen LogP contribution is -2.35.